The van der Waals surface area contributed by atoms with Crippen LogP contribution in [0.3, 0.4) is 0 Å². The average Bonchev–Trinajstić information content (AvgIpc) is 2.26. The first kappa shape index (κ1) is 10.8. The lowest BCUT2D eigenvalue weighted by atomic mass is 9.88. The van der Waals surface area contributed by atoms with E-state index in [1.165, 1.54) is 19.3 Å². The first-order valence-electron chi connectivity index (χ1n) is 5.38. The first-order valence-corrected chi connectivity index (χ1v) is 5.76. The van der Waals surface area contributed by atoms with E-state index < -0.39 is 5.82 Å². The van der Waals surface area contributed by atoms with Gasteiger partial charge in [-0.05, 0) is 19.8 Å². The van der Waals surface area contributed by atoms with E-state index in [-0.39, 0.29) is 5.15 Å². The Labute approximate surface area is 93.9 Å². The van der Waals surface area contributed by atoms with Crippen molar-refractivity contribution < 1.29 is 4.39 Å². The number of nitrogens with zero attached hydrogens (tertiary/aromatic N) is 2. The highest BCUT2D eigenvalue weighted by Crippen LogP contribution is 2.31. The van der Waals surface area contributed by atoms with Gasteiger partial charge in [-0.1, -0.05) is 30.9 Å². The summed E-state index contributed by atoms with van der Waals surface area (Å²) >= 11 is 5.71. The van der Waals surface area contributed by atoms with Gasteiger partial charge in [0.2, 0.25) is 0 Å². The molecule has 0 bridgehead atoms. The standard InChI is InChI=1S/C11H14ClFN2/c1-7-9(13)10(12)15-11(14-7)8-5-3-2-4-6-8/h8H,2-6H2,1H3. The van der Waals surface area contributed by atoms with E-state index in [0.717, 1.165) is 18.7 Å². The minimum Gasteiger partial charge on any atom is -0.235 e. The van der Waals surface area contributed by atoms with E-state index in [2.05, 4.69) is 9.97 Å². The van der Waals surface area contributed by atoms with Crippen LogP contribution in [0, 0.1) is 12.7 Å². The van der Waals surface area contributed by atoms with Crippen LogP contribution in [-0.4, -0.2) is 9.97 Å². The van der Waals surface area contributed by atoms with Crippen LogP contribution in [0.1, 0.15) is 49.5 Å². The Balaban J connectivity index is 2.27. The van der Waals surface area contributed by atoms with Crippen LogP contribution in [0.25, 0.3) is 0 Å². The highest BCUT2D eigenvalue weighted by molar-refractivity contribution is 6.29. The molecule has 1 fully saturated rings. The third-order valence-electron chi connectivity index (χ3n) is 2.96. The smallest absolute Gasteiger partial charge is 0.181 e. The molecule has 1 aliphatic rings. The van der Waals surface area contributed by atoms with E-state index in [4.69, 9.17) is 11.6 Å². The highest BCUT2D eigenvalue weighted by Gasteiger charge is 2.20. The monoisotopic (exact) mass is 228 g/mol. The molecular weight excluding hydrogens is 215 g/mol. The third-order valence-corrected chi connectivity index (χ3v) is 3.21. The molecule has 0 aromatic carbocycles. The van der Waals surface area contributed by atoms with Crippen LogP contribution >= 0.6 is 11.6 Å². The number of rotatable bonds is 1. The van der Waals surface area contributed by atoms with Gasteiger partial charge in [0, 0.05) is 5.92 Å². The summed E-state index contributed by atoms with van der Waals surface area (Å²) in [6.45, 7) is 1.63. The largest absolute Gasteiger partial charge is 0.235 e. The molecule has 0 atom stereocenters. The molecule has 0 saturated heterocycles. The zero-order chi connectivity index (χ0) is 10.8. The quantitative estimate of drug-likeness (QED) is 0.686. The SMILES string of the molecule is Cc1nc(C2CCCCC2)nc(Cl)c1F. The van der Waals surface area contributed by atoms with Gasteiger partial charge in [-0.15, -0.1) is 0 Å². The Morgan fingerprint density at radius 1 is 1.20 bits per heavy atom. The van der Waals surface area contributed by atoms with Gasteiger partial charge in [-0.25, -0.2) is 14.4 Å². The van der Waals surface area contributed by atoms with Gasteiger partial charge in [0.25, 0.3) is 0 Å². The normalized spacial score (nSPS) is 18.1. The van der Waals surface area contributed by atoms with Gasteiger partial charge in [0.1, 0.15) is 5.82 Å². The van der Waals surface area contributed by atoms with Crippen molar-refractivity contribution in [3.05, 3.63) is 22.5 Å². The van der Waals surface area contributed by atoms with Gasteiger partial charge in [-0.3, -0.25) is 0 Å². The van der Waals surface area contributed by atoms with Crippen molar-refractivity contribution in [3.8, 4) is 0 Å². The van der Waals surface area contributed by atoms with Crippen LogP contribution < -0.4 is 0 Å². The summed E-state index contributed by atoms with van der Waals surface area (Å²) in [5.41, 5.74) is 0.357. The maximum atomic E-state index is 13.2. The van der Waals surface area contributed by atoms with Crippen molar-refractivity contribution >= 4 is 11.6 Å². The topological polar surface area (TPSA) is 25.8 Å². The van der Waals surface area contributed by atoms with Crippen molar-refractivity contribution in [1.29, 1.82) is 0 Å². The van der Waals surface area contributed by atoms with Gasteiger partial charge in [0.15, 0.2) is 11.0 Å². The minimum absolute atomic E-state index is 0.0388. The molecule has 0 N–H and O–H groups in total. The molecule has 0 spiro atoms. The van der Waals surface area contributed by atoms with Gasteiger partial charge in [0.05, 0.1) is 5.69 Å². The Morgan fingerprint density at radius 3 is 2.47 bits per heavy atom. The lowest BCUT2D eigenvalue weighted by molar-refractivity contribution is 0.425. The number of aromatic nitrogens is 2. The Hall–Kier alpha value is -0.700. The van der Waals surface area contributed by atoms with Gasteiger partial charge in [-0.2, -0.15) is 0 Å². The fourth-order valence-corrected chi connectivity index (χ4v) is 2.31. The minimum atomic E-state index is -0.490. The predicted octanol–water partition coefficient (Wildman–Crippen LogP) is 3.63. The molecular formula is C11H14ClFN2. The summed E-state index contributed by atoms with van der Waals surface area (Å²) in [4.78, 5) is 8.22. The Morgan fingerprint density at radius 2 is 1.87 bits per heavy atom. The second kappa shape index (κ2) is 4.44. The summed E-state index contributed by atoms with van der Waals surface area (Å²) in [5, 5.41) is -0.0388. The number of aryl methyl sites for hydroxylation is 1. The maximum absolute atomic E-state index is 13.2. The summed E-state index contributed by atoms with van der Waals surface area (Å²) in [5.74, 6) is 0.602. The van der Waals surface area contributed by atoms with Crippen molar-refractivity contribution in [2.45, 2.75) is 44.9 Å². The predicted molar refractivity (Wildman–Crippen MR) is 57.6 cm³/mol. The molecule has 0 radical (unpaired) electrons. The molecule has 4 heteroatoms. The molecule has 0 aliphatic heterocycles. The molecule has 82 valence electrons. The van der Waals surface area contributed by atoms with E-state index in [1.54, 1.807) is 6.92 Å². The number of hydrogen-bond donors (Lipinski definition) is 0. The summed E-state index contributed by atoms with van der Waals surface area (Å²) in [7, 11) is 0. The molecule has 15 heavy (non-hydrogen) atoms. The zero-order valence-electron chi connectivity index (χ0n) is 8.76. The fourth-order valence-electron chi connectivity index (χ4n) is 2.09. The maximum Gasteiger partial charge on any atom is 0.181 e. The van der Waals surface area contributed by atoms with E-state index in [0.29, 0.717) is 11.6 Å². The Kier molecular flexibility index (Phi) is 3.19. The molecule has 2 nitrogen and oxygen atoms in total. The van der Waals surface area contributed by atoms with E-state index >= 15 is 0 Å². The summed E-state index contributed by atoms with van der Waals surface area (Å²) in [6, 6.07) is 0. The summed E-state index contributed by atoms with van der Waals surface area (Å²) < 4.78 is 13.2. The summed E-state index contributed by atoms with van der Waals surface area (Å²) in [6.07, 6.45) is 5.90. The van der Waals surface area contributed by atoms with E-state index in [9.17, 15) is 4.39 Å². The molecule has 2 rings (SSSR count). The first-order chi connectivity index (χ1) is 7.18. The zero-order valence-corrected chi connectivity index (χ0v) is 9.52. The second-order valence-electron chi connectivity index (χ2n) is 4.11. The molecule has 1 aliphatic carbocycles. The van der Waals surface area contributed by atoms with E-state index in [1.807, 2.05) is 0 Å². The Bertz CT molecular complexity index is 339. The molecule has 1 heterocycles. The van der Waals surface area contributed by atoms with Crippen molar-refractivity contribution in [2.75, 3.05) is 0 Å². The molecule has 0 unspecified atom stereocenters. The lowest BCUT2D eigenvalue weighted by Gasteiger charge is -2.20. The van der Waals surface area contributed by atoms with Crippen LogP contribution in [-0.2, 0) is 0 Å². The van der Waals surface area contributed by atoms with Crippen LogP contribution in [0.5, 0.6) is 0 Å². The van der Waals surface area contributed by atoms with Gasteiger partial charge < -0.3 is 0 Å². The average molecular weight is 229 g/mol. The second-order valence-corrected chi connectivity index (χ2v) is 4.46. The van der Waals surface area contributed by atoms with Crippen molar-refractivity contribution in [2.24, 2.45) is 0 Å². The van der Waals surface area contributed by atoms with Crippen molar-refractivity contribution in [3.63, 3.8) is 0 Å². The molecule has 1 aromatic heterocycles. The molecule has 0 amide bonds. The lowest BCUT2D eigenvalue weighted by Crippen LogP contribution is -2.10. The molecule has 1 saturated carbocycles. The van der Waals surface area contributed by atoms with Crippen molar-refractivity contribution in [1.82, 2.24) is 9.97 Å². The van der Waals surface area contributed by atoms with Crippen LogP contribution in [0.2, 0.25) is 5.15 Å². The fraction of sp³-hybridized carbons (Fsp3) is 0.636. The number of hydrogen-bond acceptors (Lipinski definition) is 2. The van der Waals surface area contributed by atoms with Crippen LogP contribution in [0.15, 0.2) is 0 Å². The third kappa shape index (κ3) is 2.28. The molecule has 1 aromatic rings. The van der Waals surface area contributed by atoms with Gasteiger partial charge >= 0.3 is 0 Å². The van der Waals surface area contributed by atoms with Crippen LogP contribution in [0.4, 0.5) is 4.39 Å². The number of halogens is 2. The highest BCUT2D eigenvalue weighted by atomic mass is 35.5.